The molecule has 0 saturated carbocycles. The van der Waals surface area contributed by atoms with Crippen molar-refractivity contribution in [3.05, 3.63) is 65.7 Å². The minimum Gasteiger partial charge on any atom is -0.369 e. The van der Waals surface area contributed by atoms with Crippen molar-refractivity contribution in [1.82, 2.24) is 9.79 Å². The number of halogens is 3. The summed E-state index contributed by atoms with van der Waals surface area (Å²) in [5, 5.41) is 9.74. The number of anilines is 1. The maximum atomic E-state index is 13.1. The Balaban J connectivity index is 1.59. The molecule has 190 valence electrons. The molecule has 1 heterocycles. The first kappa shape index (κ1) is 27.0. The molecular weight excluding hydrogens is 479 g/mol. The lowest BCUT2D eigenvalue weighted by molar-refractivity contribution is -0.137. The van der Waals surface area contributed by atoms with Gasteiger partial charge in [-0.25, -0.2) is 13.9 Å². The molecule has 1 saturated heterocycles. The fourth-order valence-corrected chi connectivity index (χ4v) is 5.74. The summed E-state index contributed by atoms with van der Waals surface area (Å²) in [5.41, 5.74) is 2.28. The van der Waals surface area contributed by atoms with E-state index in [0.29, 0.717) is 25.2 Å². The Hall–Kier alpha value is -2.58. The summed E-state index contributed by atoms with van der Waals surface area (Å²) in [6.45, 7) is 4.81. The van der Waals surface area contributed by atoms with Gasteiger partial charge in [0.2, 0.25) is 10.0 Å². The third-order valence-corrected chi connectivity index (χ3v) is 8.13. The van der Waals surface area contributed by atoms with Crippen LogP contribution in [0.15, 0.2) is 54.6 Å². The highest BCUT2D eigenvalue weighted by Crippen LogP contribution is 2.31. The number of hydrogen-bond acceptors (Lipinski definition) is 5. The first-order valence-electron chi connectivity index (χ1n) is 11.3. The van der Waals surface area contributed by atoms with Gasteiger partial charge in [0.25, 0.3) is 0 Å². The molecule has 2 aromatic rings. The molecule has 0 aromatic heterocycles. The van der Waals surface area contributed by atoms with Crippen LogP contribution >= 0.6 is 0 Å². The minimum absolute atomic E-state index is 0.204. The van der Waals surface area contributed by atoms with E-state index in [9.17, 15) is 26.8 Å². The summed E-state index contributed by atoms with van der Waals surface area (Å²) in [6.07, 6.45) is -4.03. The number of benzene rings is 2. The zero-order valence-electron chi connectivity index (χ0n) is 19.7. The van der Waals surface area contributed by atoms with Gasteiger partial charge in [-0.3, -0.25) is 0 Å². The molecule has 2 N–H and O–H groups in total. The van der Waals surface area contributed by atoms with E-state index in [2.05, 4.69) is 17.3 Å². The van der Waals surface area contributed by atoms with Crippen LogP contribution in [0.4, 0.5) is 18.9 Å². The van der Waals surface area contributed by atoms with Gasteiger partial charge < -0.3 is 10.1 Å². The quantitative estimate of drug-likeness (QED) is 0.437. The van der Waals surface area contributed by atoms with Gasteiger partial charge in [-0.1, -0.05) is 43.9 Å². The van der Waals surface area contributed by atoms with Crippen LogP contribution in [0.1, 0.15) is 31.4 Å². The predicted octanol–water partition coefficient (Wildman–Crippen LogP) is 3.97. The SMILES string of the molecule is CC(C)(CC#Cc1ccccc1)C(CS(=O)(=O)N1CCN(c2ccc(C(F)(F)F)cc2)CC1)NO. The van der Waals surface area contributed by atoms with Crippen molar-refractivity contribution in [2.75, 3.05) is 36.8 Å². The number of rotatable bonds is 7. The van der Waals surface area contributed by atoms with Crippen molar-refractivity contribution in [1.29, 1.82) is 0 Å². The fraction of sp³-hybridized carbons (Fsp3) is 0.440. The van der Waals surface area contributed by atoms with Gasteiger partial charge in [-0.15, -0.1) is 0 Å². The Labute approximate surface area is 204 Å². The molecule has 1 atom stereocenters. The van der Waals surface area contributed by atoms with Gasteiger partial charge in [0.05, 0.1) is 17.4 Å². The van der Waals surface area contributed by atoms with E-state index in [-0.39, 0.29) is 18.8 Å². The Kier molecular flexibility index (Phi) is 8.49. The molecule has 0 aliphatic carbocycles. The molecule has 1 aliphatic heterocycles. The van der Waals surface area contributed by atoms with E-state index in [0.717, 1.165) is 17.7 Å². The number of alkyl halides is 3. The monoisotopic (exact) mass is 509 g/mol. The molecule has 10 heteroatoms. The van der Waals surface area contributed by atoms with Crippen LogP contribution in [0, 0.1) is 17.3 Å². The average Bonchev–Trinajstić information content (AvgIpc) is 2.82. The number of sulfonamides is 1. The second-order valence-corrected chi connectivity index (χ2v) is 11.2. The lowest BCUT2D eigenvalue weighted by Gasteiger charge is -2.37. The van der Waals surface area contributed by atoms with Crippen LogP contribution in [-0.2, 0) is 16.2 Å². The van der Waals surface area contributed by atoms with Gasteiger partial charge >= 0.3 is 6.18 Å². The van der Waals surface area contributed by atoms with Crippen LogP contribution < -0.4 is 10.4 Å². The number of piperazine rings is 1. The topological polar surface area (TPSA) is 72.9 Å². The van der Waals surface area contributed by atoms with Crippen molar-refractivity contribution in [2.24, 2.45) is 5.41 Å². The number of nitrogens with zero attached hydrogens (tertiary/aromatic N) is 2. The lowest BCUT2D eigenvalue weighted by Crippen LogP contribution is -2.53. The highest BCUT2D eigenvalue weighted by Gasteiger charge is 2.36. The molecular formula is C25H30F3N3O3S. The maximum absolute atomic E-state index is 13.1. The minimum atomic E-state index is -4.40. The highest BCUT2D eigenvalue weighted by molar-refractivity contribution is 7.89. The third-order valence-electron chi connectivity index (χ3n) is 6.22. The molecule has 0 amide bonds. The summed E-state index contributed by atoms with van der Waals surface area (Å²) in [6, 6.07) is 13.6. The molecule has 1 aliphatic rings. The van der Waals surface area contributed by atoms with Gasteiger partial charge in [-0.05, 0) is 41.8 Å². The number of nitrogens with one attached hydrogen (secondary N) is 1. The molecule has 35 heavy (non-hydrogen) atoms. The van der Waals surface area contributed by atoms with Gasteiger partial charge in [-0.2, -0.15) is 17.5 Å². The first-order valence-corrected chi connectivity index (χ1v) is 12.9. The molecule has 0 bridgehead atoms. The van der Waals surface area contributed by atoms with Crippen molar-refractivity contribution in [3.63, 3.8) is 0 Å². The molecule has 1 fully saturated rings. The van der Waals surface area contributed by atoms with Crippen molar-refractivity contribution >= 4 is 15.7 Å². The largest absolute Gasteiger partial charge is 0.416 e. The van der Waals surface area contributed by atoms with Crippen LogP contribution in [0.2, 0.25) is 0 Å². The lowest BCUT2D eigenvalue weighted by atomic mass is 9.82. The van der Waals surface area contributed by atoms with Crippen molar-refractivity contribution < 1.29 is 26.8 Å². The van der Waals surface area contributed by atoms with Crippen LogP contribution in [0.25, 0.3) is 0 Å². The van der Waals surface area contributed by atoms with Gasteiger partial charge in [0, 0.05) is 43.9 Å². The van der Waals surface area contributed by atoms with Gasteiger partial charge in [0.15, 0.2) is 0 Å². The Morgan fingerprint density at radius 3 is 2.14 bits per heavy atom. The Bertz CT molecular complexity index is 1130. The van der Waals surface area contributed by atoms with Crippen LogP contribution in [0.3, 0.4) is 0 Å². The van der Waals surface area contributed by atoms with Crippen LogP contribution in [-0.4, -0.2) is 55.9 Å². The van der Waals surface area contributed by atoms with E-state index < -0.39 is 33.2 Å². The van der Waals surface area contributed by atoms with E-state index in [1.807, 2.05) is 49.1 Å². The second-order valence-electron chi connectivity index (χ2n) is 9.22. The zero-order chi connectivity index (χ0) is 25.7. The smallest absolute Gasteiger partial charge is 0.369 e. The van der Waals surface area contributed by atoms with E-state index in [4.69, 9.17) is 0 Å². The average molecular weight is 510 g/mol. The molecule has 1 unspecified atom stereocenters. The summed E-state index contributed by atoms with van der Waals surface area (Å²) >= 11 is 0. The first-order chi connectivity index (χ1) is 16.4. The van der Waals surface area contributed by atoms with Crippen molar-refractivity contribution in [2.45, 2.75) is 32.5 Å². The Morgan fingerprint density at radius 1 is 1.00 bits per heavy atom. The zero-order valence-corrected chi connectivity index (χ0v) is 20.5. The van der Waals surface area contributed by atoms with Gasteiger partial charge in [0.1, 0.15) is 0 Å². The van der Waals surface area contributed by atoms with Crippen molar-refractivity contribution in [3.8, 4) is 11.8 Å². The second kappa shape index (κ2) is 11.0. The summed E-state index contributed by atoms with van der Waals surface area (Å²) in [7, 11) is -3.70. The molecule has 0 radical (unpaired) electrons. The number of hydroxylamine groups is 1. The standard InChI is InChI=1S/C25H30F3N3O3S/c1-24(2,14-6-9-20-7-4-3-5-8-20)23(29-32)19-35(33,34)31-17-15-30(16-18-31)22-12-10-21(11-13-22)25(26,27)28/h3-5,7-8,10-13,23,29,32H,14-19H2,1-2H3. The van der Waals surface area contributed by atoms with E-state index in [1.54, 1.807) is 0 Å². The predicted molar refractivity (Wildman–Crippen MR) is 129 cm³/mol. The van der Waals surface area contributed by atoms with Crippen LogP contribution in [0.5, 0.6) is 0 Å². The Morgan fingerprint density at radius 2 is 1.60 bits per heavy atom. The summed E-state index contributed by atoms with van der Waals surface area (Å²) in [5.74, 6) is 5.82. The summed E-state index contributed by atoms with van der Waals surface area (Å²) in [4.78, 5) is 1.86. The number of hydrogen-bond donors (Lipinski definition) is 2. The molecule has 3 rings (SSSR count). The fourth-order valence-electron chi connectivity index (χ4n) is 3.86. The molecule has 6 nitrogen and oxygen atoms in total. The van der Waals surface area contributed by atoms with E-state index in [1.165, 1.54) is 16.4 Å². The molecule has 0 spiro atoms. The third kappa shape index (κ3) is 7.21. The summed E-state index contributed by atoms with van der Waals surface area (Å²) < 4.78 is 65.9. The maximum Gasteiger partial charge on any atom is 0.416 e. The molecule has 2 aromatic carbocycles. The van der Waals surface area contributed by atoms with E-state index >= 15 is 0 Å². The highest BCUT2D eigenvalue weighted by atomic mass is 32.2. The normalized spacial score (nSPS) is 16.5.